The van der Waals surface area contributed by atoms with Crippen molar-refractivity contribution in [3.63, 3.8) is 0 Å². The number of amides is 2. The molecule has 0 saturated carbocycles. The molecule has 27 heavy (non-hydrogen) atoms. The Morgan fingerprint density at radius 3 is 2.15 bits per heavy atom. The smallest absolute Gasteiger partial charge is 0.267 e. The van der Waals surface area contributed by atoms with Crippen LogP contribution in [0.5, 0.6) is 11.5 Å². The van der Waals surface area contributed by atoms with Crippen LogP contribution >= 0.6 is 0 Å². The number of fused-ring (bicyclic) bond motifs is 1. The molecule has 4 rings (SSSR count). The molecule has 2 unspecified atom stereocenters. The average molecular weight is 374 g/mol. The molecule has 2 saturated heterocycles. The number of hydrogen-bond acceptors (Lipinski definition) is 5. The molecular formula is C20H26N2O5. The number of nitrogens with zero attached hydrogens (tertiary/aromatic N) is 2. The molecule has 2 amide bonds. The molecule has 1 aromatic rings. The first-order chi connectivity index (χ1) is 13.1. The summed E-state index contributed by atoms with van der Waals surface area (Å²) in [6.45, 7) is 5.57. The van der Waals surface area contributed by atoms with Gasteiger partial charge in [0.25, 0.3) is 5.91 Å². The summed E-state index contributed by atoms with van der Waals surface area (Å²) < 4.78 is 17.1. The second-order valence-corrected chi connectivity index (χ2v) is 7.35. The number of morpholine rings is 1. The summed E-state index contributed by atoms with van der Waals surface area (Å²) >= 11 is 0. The van der Waals surface area contributed by atoms with Gasteiger partial charge in [0, 0.05) is 32.1 Å². The van der Waals surface area contributed by atoms with Gasteiger partial charge in [-0.2, -0.15) is 0 Å². The molecule has 3 heterocycles. The lowest BCUT2D eigenvalue weighted by molar-refractivity contribution is -0.149. The average Bonchev–Trinajstić information content (AvgIpc) is 2.73. The van der Waals surface area contributed by atoms with E-state index in [-0.39, 0.29) is 23.8 Å². The molecule has 0 aromatic heterocycles. The first-order valence-electron chi connectivity index (χ1n) is 9.71. The number of benzene rings is 1. The van der Waals surface area contributed by atoms with Crippen LogP contribution in [0.3, 0.4) is 0 Å². The van der Waals surface area contributed by atoms with Crippen molar-refractivity contribution in [1.29, 1.82) is 0 Å². The predicted molar refractivity (Wildman–Crippen MR) is 97.7 cm³/mol. The topological polar surface area (TPSA) is 68.3 Å². The first-order valence-corrected chi connectivity index (χ1v) is 9.71. The summed E-state index contributed by atoms with van der Waals surface area (Å²) in [5.74, 6) is 1.41. The van der Waals surface area contributed by atoms with Crippen molar-refractivity contribution in [2.24, 2.45) is 5.92 Å². The fourth-order valence-corrected chi connectivity index (χ4v) is 3.96. The van der Waals surface area contributed by atoms with Crippen LogP contribution < -0.4 is 9.47 Å². The highest BCUT2D eigenvalue weighted by Gasteiger charge is 2.39. The number of rotatable bonds is 2. The molecule has 7 nitrogen and oxygen atoms in total. The van der Waals surface area contributed by atoms with Crippen LogP contribution in [0, 0.1) is 5.92 Å². The Labute approximate surface area is 159 Å². The molecule has 2 fully saturated rings. The van der Waals surface area contributed by atoms with E-state index >= 15 is 0 Å². The summed E-state index contributed by atoms with van der Waals surface area (Å²) in [6.07, 6.45) is 0.396. The van der Waals surface area contributed by atoms with E-state index in [4.69, 9.17) is 14.2 Å². The van der Waals surface area contributed by atoms with Gasteiger partial charge in [0.15, 0.2) is 11.5 Å². The summed E-state index contributed by atoms with van der Waals surface area (Å²) in [5, 5.41) is 0. The Hall–Kier alpha value is -2.28. The van der Waals surface area contributed by atoms with Crippen molar-refractivity contribution in [3.8, 4) is 11.5 Å². The minimum absolute atomic E-state index is 0.00572. The van der Waals surface area contributed by atoms with Crippen molar-refractivity contribution in [1.82, 2.24) is 9.80 Å². The fourth-order valence-electron chi connectivity index (χ4n) is 3.96. The summed E-state index contributed by atoms with van der Waals surface area (Å²) in [5.41, 5.74) is 0. The van der Waals surface area contributed by atoms with Gasteiger partial charge in [0.1, 0.15) is 6.10 Å². The Bertz CT molecular complexity index is 695. The lowest BCUT2D eigenvalue weighted by atomic mass is 9.94. The van der Waals surface area contributed by atoms with Crippen molar-refractivity contribution < 1.29 is 23.8 Å². The standard InChI is InChI=1S/C20H26N2O5/c1-14-18(27-17-5-3-2-4-16(17)26-14)20(24)21-8-6-15(7-9-21)19(23)22-10-12-25-13-11-22/h2-5,14-15,18H,6-13H2,1H3. The van der Waals surface area contributed by atoms with Crippen molar-refractivity contribution in [2.45, 2.75) is 32.0 Å². The van der Waals surface area contributed by atoms with E-state index in [1.54, 1.807) is 0 Å². The first kappa shape index (κ1) is 18.1. The van der Waals surface area contributed by atoms with E-state index < -0.39 is 6.10 Å². The quantitative estimate of drug-likeness (QED) is 0.781. The number of carbonyl (C=O) groups excluding carboxylic acids is 2. The van der Waals surface area contributed by atoms with E-state index in [1.165, 1.54) is 0 Å². The van der Waals surface area contributed by atoms with Crippen LogP contribution in [0.25, 0.3) is 0 Å². The number of hydrogen-bond donors (Lipinski definition) is 0. The van der Waals surface area contributed by atoms with Gasteiger partial charge < -0.3 is 24.0 Å². The third-order valence-corrected chi connectivity index (χ3v) is 5.56. The molecule has 0 radical (unpaired) electrons. The molecule has 3 aliphatic heterocycles. The fraction of sp³-hybridized carbons (Fsp3) is 0.600. The zero-order valence-electron chi connectivity index (χ0n) is 15.6. The normalized spacial score (nSPS) is 26.0. The summed E-state index contributed by atoms with van der Waals surface area (Å²) in [6, 6.07) is 7.40. The zero-order valence-corrected chi connectivity index (χ0v) is 15.6. The van der Waals surface area contributed by atoms with Gasteiger partial charge in [0.05, 0.1) is 13.2 Å². The molecular weight excluding hydrogens is 348 g/mol. The molecule has 7 heteroatoms. The number of likely N-dealkylation sites (tertiary alicyclic amines) is 1. The highest BCUT2D eigenvalue weighted by molar-refractivity contribution is 5.83. The molecule has 0 N–H and O–H groups in total. The highest BCUT2D eigenvalue weighted by Crippen LogP contribution is 2.34. The third-order valence-electron chi connectivity index (χ3n) is 5.56. The van der Waals surface area contributed by atoms with Gasteiger partial charge in [-0.05, 0) is 31.9 Å². The zero-order chi connectivity index (χ0) is 18.8. The van der Waals surface area contributed by atoms with Gasteiger partial charge in [-0.15, -0.1) is 0 Å². The molecule has 2 atom stereocenters. The van der Waals surface area contributed by atoms with E-state index in [0.717, 1.165) is 0 Å². The van der Waals surface area contributed by atoms with E-state index in [0.29, 0.717) is 63.7 Å². The maximum absolute atomic E-state index is 13.0. The number of ether oxygens (including phenoxy) is 3. The van der Waals surface area contributed by atoms with Crippen molar-refractivity contribution >= 4 is 11.8 Å². The molecule has 146 valence electrons. The van der Waals surface area contributed by atoms with Gasteiger partial charge >= 0.3 is 0 Å². The Morgan fingerprint density at radius 1 is 0.889 bits per heavy atom. The van der Waals surface area contributed by atoms with E-state index in [9.17, 15) is 9.59 Å². The van der Waals surface area contributed by atoms with Gasteiger partial charge in [0.2, 0.25) is 12.0 Å². The van der Waals surface area contributed by atoms with Crippen LogP contribution in [-0.2, 0) is 14.3 Å². The third kappa shape index (κ3) is 3.74. The number of piperidine rings is 1. The van der Waals surface area contributed by atoms with Crippen LogP contribution in [-0.4, -0.2) is 73.2 Å². The second-order valence-electron chi connectivity index (χ2n) is 7.35. The van der Waals surface area contributed by atoms with Crippen molar-refractivity contribution in [2.75, 3.05) is 39.4 Å². The van der Waals surface area contributed by atoms with Crippen LogP contribution in [0.1, 0.15) is 19.8 Å². The van der Waals surface area contributed by atoms with E-state index in [2.05, 4.69) is 0 Å². The minimum atomic E-state index is -0.647. The van der Waals surface area contributed by atoms with Gasteiger partial charge in [-0.3, -0.25) is 9.59 Å². The van der Waals surface area contributed by atoms with Gasteiger partial charge in [-0.1, -0.05) is 12.1 Å². The van der Waals surface area contributed by atoms with Crippen LogP contribution in [0.4, 0.5) is 0 Å². The molecule has 3 aliphatic rings. The summed E-state index contributed by atoms with van der Waals surface area (Å²) in [7, 11) is 0. The number of carbonyl (C=O) groups is 2. The largest absolute Gasteiger partial charge is 0.482 e. The number of para-hydroxylation sites is 2. The van der Waals surface area contributed by atoms with E-state index in [1.807, 2.05) is 41.0 Å². The van der Waals surface area contributed by atoms with Crippen LogP contribution in [0.15, 0.2) is 24.3 Å². The molecule has 0 spiro atoms. The Kier molecular flexibility index (Phi) is 5.20. The van der Waals surface area contributed by atoms with Crippen molar-refractivity contribution in [3.05, 3.63) is 24.3 Å². The molecule has 0 bridgehead atoms. The molecule has 1 aromatic carbocycles. The lowest BCUT2D eigenvalue weighted by Crippen LogP contribution is -2.53. The van der Waals surface area contributed by atoms with Gasteiger partial charge in [-0.25, -0.2) is 0 Å². The lowest BCUT2D eigenvalue weighted by Gasteiger charge is -2.38. The predicted octanol–water partition coefficient (Wildman–Crippen LogP) is 1.31. The molecule has 0 aliphatic carbocycles. The second kappa shape index (κ2) is 7.76. The SMILES string of the molecule is CC1Oc2ccccc2OC1C(=O)N1CCC(C(=O)N2CCOCC2)CC1. The Morgan fingerprint density at radius 2 is 1.48 bits per heavy atom. The Balaban J connectivity index is 1.34. The highest BCUT2D eigenvalue weighted by atomic mass is 16.6. The van der Waals surface area contributed by atoms with Crippen LogP contribution in [0.2, 0.25) is 0 Å². The maximum atomic E-state index is 13.0. The monoisotopic (exact) mass is 374 g/mol. The maximum Gasteiger partial charge on any atom is 0.267 e. The summed E-state index contributed by atoms with van der Waals surface area (Å²) in [4.78, 5) is 29.3. The minimum Gasteiger partial charge on any atom is -0.482 e.